The summed E-state index contributed by atoms with van der Waals surface area (Å²) >= 11 is 1.50. The lowest BCUT2D eigenvalue weighted by Gasteiger charge is -2.22. The number of thioether (sulfide) groups is 1. The lowest BCUT2D eigenvalue weighted by atomic mass is 10.2. The van der Waals surface area contributed by atoms with E-state index in [1.807, 2.05) is 4.83 Å². The fraction of sp³-hybridized carbons (Fsp3) is 0.467. The van der Waals surface area contributed by atoms with E-state index in [1.165, 1.54) is 33.5 Å². The lowest BCUT2D eigenvalue weighted by Crippen LogP contribution is -2.48. The number of carboxylic acids is 1. The number of hydrogen-bond acceptors (Lipinski definition) is 7. The van der Waals surface area contributed by atoms with E-state index in [0.29, 0.717) is 11.6 Å². The molecule has 1 atom stereocenters. The molecule has 28 heavy (non-hydrogen) atoms. The standard InChI is InChI=1S/C15H20N4O7S2/c1-28(24,25)17-16-15(23)11-3-2-5-18(7-11)8-12(20)19-10-27-9-13(19)26-6-4-14(21)22/h2-3,5,7,13,17H,4,6,8-10H2,1H3,(H-,16,21,22,23)/p+1. The number of carbonyl (C=O) groups excluding carboxylic acids is 2. The van der Waals surface area contributed by atoms with Gasteiger partial charge in [-0.15, -0.1) is 16.6 Å². The molecular formula is C15H21N4O7S2+. The summed E-state index contributed by atoms with van der Waals surface area (Å²) in [6, 6.07) is 3.03. The zero-order chi connectivity index (χ0) is 20.7. The molecule has 2 rings (SSSR count). The molecule has 1 aliphatic rings. The van der Waals surface area contributed by atoms with Crippen molar-refractivity contribution >= 4 is 39.6 Å². The maximum atomic E-state index is 12.6. The minimum atomic E-state index is -3.59. The predicted molar refractivity (Wildman–Crippen MR) is 98.2 cm³/mol. The van der Waals surface area contributed by atoms with Crippen LogP contribution in [0.2, 0.25) is 0 Å². The normalized spacial score (nSPS) is 16.8. The van der Waals surface area contributed by atoms with Crippen molar-refractivity contribution in [3.8, 4) is 0 Å². The first-order valence-corrected chi connectivity index (χ1v) is 11.2. The molecule has 0 spiro atoms. The van der Waals surface area contributed by atoms with E-state index in [0.717, 1.165) is 6.26 Å². The number of rotatable bonds is 9. The highest BCUT2D eigenvalue weighted by Crippen LogP contribution is 2.22. The van der Waals surface area contributed by atoms with Crippen LogP contribution in [0.4, 0.5) is 0 Å². The molecule has 1 unspecified atom stereocenters. The third-order valence-corrected chi connectivity index (χ3v) is 5.03. The van der Waals surface area contributed by atoms with E-state index in [2.05, 4.69) is 5.43 Å². The molecule has 1 fully saturated rings. The SMILES string of the molecule is CS(=O)(=O)NNC(=O)c1ccc[n+](CC(=O)N2CSCC2OCCC(=O)O)c1. The minimum absolute atomic E-state index is 0.0144. The van der Waals surface area contributed by atoms with Crippen LogP contribution in [0.25, 0.3) is 0 Å². The third kappa shape index (κ3) is 7.07. The number of hydrazine groups is 1. The first kappa shape index (κ1) is 22.1. The van der Waals surface area contributed by atoms with Gasteiger partial charge in [-0.05, 0) is 6.07 Å². The number of hydrogen-bond donors (Lipinski definition) is 3. The topological polar surface area (TPSA) is 146 Å². The Labute approximate surface area is 166 Å². The Morgan fingerprint density at radius 1 is 1.43 bits per heavy atom. The molecule has 0 aliphatic carbocycles. The molecule has 0 radical (unpaired) electrons. The van der Waals surface area contributed by atoms with Crippen LogP contribution in [0.5, 0.6) is 0 Å². The van der Waals surface area contributed by atoms with Crippen LogP contribution in [0.1, 0.15) is 16.8 Å². The maximum Gasteiger partial charge on any atom is 0.305 e. The summed E-state index contributed by atoms with van der Waals surface area (Å²) in [6.07, 6.45) is 3.28. The zero-order valence-electron chi connectivity index (χ0n) is 15.0. The number of sulfonamides is 1. The first-order chi connectivity index (χ1) is 13.2. The van der Waals surface area contributed by atoms with E-state index < -0.39 is 28.1 Å². The molecule has 3 N–H and O–H groups in total. The molecule has 11 nitrogen and oxygen atoms in total. The van der Waals surface area contributed by atoms with Gasteiger partial charge in [0.25, 0.3) is 11.8 Å². The Hall–Kier alpha value is -2.22. The van der Waals surface area contributed by atoms with Crippen molar-refractivity contribution in [3.63, 3.8) is 0 Å². The summed E-state index contributed by atoms with van der Waals surface area (Å²) < 4.78 is 29.1. The monoisotopic (exact) mass is 433 g/mol. The molecule has 154 valence electrons. The number of nitrogens with one attached hydrogen (secondary N) is 2. The molecule has 1 aromatic heterocycles. The lowest BCUT2D eigenvalue weighted by molar-refractivity contribution is -0.685. The van der Waals surface area contributed by atoms with Crippen LogP contribution in [0.3, 0.4) is 0 Å². The van der Waals surface area contributed by atoms with Crippen LogP contribution in [-0.4, -0.2) is 66.9 Å². The van der Waals surface area contributed by atoms with Crippen molar-refractivity contribution < 1.29 is 37.2 Å². The maximum absolute atomic E-state index is 12.6. The number of aliphatic carboxylic acids is 1. The number of nitrogens with zero attached hydrogens (tertiary/aromatic N) is 2. The Bertz CT molecular complexity index is 847. The van der Waals surface area contributed by atoms with E-state index in [9.17, 15) is 22.8 Å². The van der Waals surface area contributed by atoms with Gasteiger partial charge in [-0.2, -0.15) is 4.57 Å². The number of carboxylic acid groups (broad SMARTS) is 1. The second-order valence-corrected chi connectivity index (χ2v) is 8.67. The summed E-state index contributed by atoms with van der Waals surface area (Å²) in [5.41, 5.74) is 2.22. The number of amides is 2. The fourth-order valence-electron chi connectivity index (χ4n) is 2.29. The van der Waals surface area contributed by atoms with Crippen molar-refractivity contribution in [2.75, 3.05) is 24.5 Å². The van der Waals surface area contributed by atoms with Gasteiger partial charge < -0.3 is 14.7 Å². The molecule has 1 aromatic rings. The summed E-state index contributed by atoms with van der Waals surface area (Å²) in [6.45, 7) is -0.0412. The van der Waals surface area contributed by atoms with E-state index >= 15 is 0 Å². The highest BCUT2D eigenvalue weighted by molar-refractivity contribution is 7.99. The molecule has 13 heteroatoms. The van der Waals surface area contributed by atoms with Gasteiger partial charge >= 0.3 is 5.97 Å². The van der Waals surface area contributed by atoms with Crippen molar-refractivity contribution in [1.29, 1.82) is 0 Å². The molecule has 0 saturated carbocycles. The van der Waals surface area contributed by atoms with E-state index in [-0.39, 0.29) is 31.0 Å². The Morgan fingerprint density at radius 3 is 2.86 bits per heavy atom. The van der Waals surface area contributed by atoms with Gasteiger partial charge in [0.1, 0.15) is 11.8 Å². The fourth-order valence-corrected chi connectivity index (χ4v) is 3.66. The largest absolute Gasteiger partial charge is 0.481 e. The van der Waals surface area contributed by atoms with Crippen molar-refractivity contribution in [1.82, 2.24) is 15.2 Å². The minimum Gasteiger partial charge on any atom is -0.481 e. The predicted octanol–water partition coefficient (Wildman–Crippen LogP) is -1.48. The molecule has 1 aliphatic heterocycles. The number of aromatic nitrogens is 1. The highest BCUT2D eigenvalue weighted by atomic mass is 32.2. The van der Waals surface area contributed by atoms with Crippen molar-refractivity contribution in [2.45, 2.75) is 19.2 Å². The Morgan fingerprint density at radius 2 is 2.18 bits per heavy atom. The third-order valence-electron chi connectivity index (χ3n) is 3.57. The highest BCUT2D eigenvalue weighted by Gasteiger charge is 2.32. The van der Waals surface area contributed by atoms with Crippen LogP contribution in [0.15, 0.2) is 24.5 Å². The Kier molecular flexibility index (Phi) is 7.74. The van der Waals surface area contributed by atoms with E-state index in [1.54, 1.807) is 12.3 Å². The summed E-state index contributed by atoms with van der Waals surface area (Å²) in [4.78, 5) is 38.5. The van der Waals surface area contributed by atoms with Gasteiger partial charge in [-0.1, -0.05) is 0 Å². The second-order valence-electron chi connectivity index (χ2n) is 5.93. The molecule has 2 amide bonds. The van der Waals surface area contributed by atoms with Crippen LogP contribution in [0, 0.1) is 0 Å². The molecular weight excluding hydrogens is 412 g/mol. The quantitative estimate of drug-likeness (QED) is 0.316. The Balaban J connectivity index is 1.96. The summed E-state index contributed by atoms with van der Waals surface area (Å²) in [5.74, 6) is -0.911. The van der Waals surface area contributed by atoms with Crippen molar-refractivity contribution in [3.05, 3.63) is 30.1 Å². The smallest absolute Gasteiger partial charge is 0.305 e. The van der Waals surface area contributed by atoms with Gasteiger partial charge in [-0.3, -0.25) is 19.8 Å². The van der Waals surface area contributed by atoms with Gasteiger partial charge in [0.15, 0.2) is 12.4 Å². The average Bonchev–Trinajstić information content (AvgIpc) is 3.07. The van der Waals surface area contributed by atoms with Gasteiger partial charge in [0, 0.05) is 11.8 Å². The first-order valence-electron chi connectivity index (χ1n) is 8.12. The van der Waals surface area contributed by atoms with Crippen LogP contribution < -0.4 is 14.8 Å². The molecule has 1 saturated heterocycles. The van der Waals surface area contributed by atoms with Crippen molar-refractivity contribution in [2.24, 2.45) is 0 Å². The zero-order valence-corrected chi connectivity index (χ0v) is 16.7. The van der Waals surface area contributed by atoms with Gasteiger partial charge in [0.05, 0.1) is 25.2 Å². The van der Waals surface area contributed by atoms with Crippen LogP contribution in [-0.2, 0) is 30.9 Å². The second kappa shape index (κ2) is 9.82. The number of ether oxygens (including phenoxy) is 1. The summed E-state index contributed by atoms with van der Waals surface area (Å²) in [7, 11) is -3.59. The average molecular weight is 433 g/mol. The summed E-state index contributed by atoms with van der Waals surface area (Å²) in [5, 5.41) is 8.67. The number of pyridine rings is 1. The van der Waals surface area contributed by atoms with Gasteiger partial charge in [-0.25, -0.2) is 8.42 Å². The molecule has 0 bridgehead atoms. The molecule has 2 heterocycles. The number of carbonyl (C=O) groups is 3. The molecule has 0 aromatic carbocycles. The van der Waals surface area contributed by atoms with Crippen LogP contribution >= 0.6 is 11.8 Å². The van der Waals surface area contributed by atoms with E-state index in [4.69, 9.17) is 9.84 Å². The van der Waals surface area contributed by atoms with Gasteiger partial charge in [0.2, 0.25) is 16.6 Å².